The Bertz CT molecular complexity index is 665. The molecule has 0 aliphatic heterocycles. The van der Waals surface area contributed by atoms with Crippen molar-refractivity contribution in [3.63, 3.8) is 0 Å². The van der Waals surface area contributed by atoms with Crippen LogP contribution in [0.2, 0.25) is 0 Å². The number of fused-ring (bicyclic) bond motifs is 1. The fraction of sp³-hybridized carbons (Fsp3) is 0.263. The number of aromatic hydroxyl groups is 1. The van der Waals surface area contributed by atoms with E-state index in [0.717, 1.165) is 28.6 Å². The van der Waals surface area contributed by atoms with Crippen LogP contribution in [0.3, 0.4) is 0 Å². The Morgan fingerprint density at radius 1 is 1.45 bits per heavy atom. The highest BCUT2D eigenvalue weighted by Gasteiger charge is 2.20. The second-order valence-corrected chi connectivity index (χ2v) is 5.53. The molecule has 0 heterocycles. The highest BCUT2D eigenvalue weighted by atomic mass is 16.3. The molecule has 114 valence electrons. The van der Waals surface area contributed by atoms with Crippen LogP contribution >= 0.6 is 0 Å². The molecule has 0 fully saturated rings. The van der Waals surface area contributed by atoms with Gasteiger partial charge in [0.25, 0.3) is 0 Å². The second kappa shape index (κ2) is 7.03. The van der Waals surface area contributed by atoms with Crippen molar-refractivity contribution in [1.82, 2.24) is 0 Å². The molecule has 3 nitrogen and oxygen atoms in total. The summed E-state index contributed by atoms with van der Waals surface area (Å²) >= 11 is 0. The molecule has 0 bridgehead atoms. The first kappa shape index (κ1) is 16.0. The Morgan fingerprint density at radius 2 is 2.23 bits per heavy atom. The van der Waals surface area contributed by atoms with Crippen molar-refractivity contribution in [2.24, 2.45) is 5.92 Å². The van der Waals surface area contributed by atoms with Gasteiger partial charge >= 0.3 is 0 Å². The van der Waals surface area contributed by atoms with Crippen LogP contribution in [0.1, 0.15) is 37.3 Å². The third-order valence-electron chi connectivity index (χ3n) is 3.85. The Morgan fingerprint density at radius 3 is 2.91 bits per heavy atom. The van der Waals surface area contributed by atoms with Crippen molar-refractivity contribution in [2.45, 2.75) is 26.2 Å². The predicted molar refractivity (Wildman–Crippen MR) is 88.3 cm³/mol. The van der Waals surface area contributed by atoms with Crippen molar-refractivity contribution >= 4 is 23.7 Å². The molecule has 2 rings (SSSR count). The van der Waals surface area contributed by atoms with Crippen LogP contribution in [0, 0.1) is 5.92 Å². The third-order valence-corrected chi connectivity index (χ3v) is 3.85. The zero-order valence-corrected chi connectivity index (χ0v) is 12.7. The molecule has 1 aliphatic carbocycles. The smallest absolute Gasteiger partial charge is 0.129 e. The number of hydrogen-bond donors (Lipinski definition) is 1. The third kappa shape index (κ3) is 3.61. The SMILES string of the molecule is C=C1/C(C(C=O)CCC(C)=O)=C\C/C=C\c2cc(O)ccc21. The lowest BCUT2D eigenvalue weighted by Crippen LogP contribution is -2.10. The molecule has 3 heteroatoms. The van der Waals surface area contributed by atoms with Crippen molar-refractivity contribution in [2.75, 3.05) is 0 Å². The van der Waals surface area contributed by atoms with E-state index in [2.05, 4.69) is 6.58 Å². The van der Waals surface area contributed by atoms with Crippen LogP contribution < -0.4 is 0 Å². The van der Waals surface area contributed by atoms with E-state index in [1.807, 2.05) is 24.3 Å². The van der Waals surface area contributed by atoms with Gasteiger partial charge in [0.15, 0.2) is 0 Å². The van der Waals surface area contributed by atoms with E-state index < -0.39 is 0 Å². The van der Waals surface area contributed by atoms with E-state index in [0.29, 0.717) is 19.3 Å². The maximum absolute atomic E-state index is 11.5. The van der Waals surface area contributed by atoms with Crippen LogP contribution in [0.4, 0.5) is 0 Å². The first-order chi connectivity index (χ1) is 10.5. The average molecular weight is 296 g/mol. The summed E-state index contributed by atoms with van der Waals surface area (Å²) in [5.41, 5.74) is 3.43. The maximum atomic E-state index is 11.5. The molecule has 0 aromatic heterocycles. The summed E-state index contributed by atoms with van der Waals surface area (Å²) in [4.78, 5) is 22.7. The fourth-order valence-corrected chi connectivity index (χ4v) is 2.66. The van der Waals surface area contributed by atoms with Gasteiger partial charge in [-0.05, 0) is 54.2 Å². The molecule has 0 saturated heterocycles. The largest absolute Gasteiger partial charge is 0.508 e. The zero-order valence-electron chi connectivity index (χ0n) is 12.7. The molecular weight excluding hydrogens is 276 g/mol. The summed E-state index contributed by atoms with van der Waals surface area (Å²) in [5.74, 6) is -0.0514. The number of aldehydes is 1. The van der Waals surface area contributed by atoms with Crippen molar-refractivity contribution in [3.05, 3.63) is 53.6 Å². The van der Waals surface area contributed by atoms with Crippen LogP contribution in [-0.2, 0) is 9.59 Å². The molecule has 22 heavy (non-hydrogen) atoms. The Hall–Kier alpha value is -2.42. The average Bonchev–Trinajstić information content (AvgIpc) is 2.47. The van der Waals surface area contributed by atoms with Crippen LogP contribution in [0.25, 0.3) is 11.6 Å². The summed E-state index contributed by atoms with van der Waals surface area (Å²) < 4.78 is 0. The summed E-state index contributed by atoms with van der Waals surface area (Å²) in [7, 11) is 0. The molecular formula is C19H20O3. The van der Waals surface area contributed by atoms with Crippen molar-refractivity contribution < 1.29 is 14.7 Å². The number of phenols is 1. The van der Waals surface area contributed by atoms with E-state index in [-0.39, 0.29) is 17.5 Å². The van der Waals surface area contributed by atoms with E-state index in [9.17, 15) is 14.7 Å². The molecule has 1 aliphatic rings. The van der Waals surface area contributed by atoms with Crippen LogP contribution in [-0.4, -0.2) is 17.2 Å². The fourth-order valence-electron chi connectivity index (χ4n) is 2.66. The predicted octanol–water partition coefficient (Wildman–Crippen LogP) is 3.93. The molecule has 0 amide bonds. The van der Waals surface area contributed by atoms with Crippen LogP contribution in [0.15, 0.2) is 42.5 Å². The number of hydrogen-bond acceptors (Lipinski definition) is 3. The lowest BCUT2D eigenvalue weighted by atomic mass is 9.83. The van der Waals surface area contributed by atoms with E-state index in [4.69, 9.17) is 0 Å². The van der Waals surface area contributed by atoms with Crippen LogP contribution in [0.5, 0.6) is 5.75 Å². The number of ketones is 1. The minimum absolute atomic E-state index is 0.0779. The van der Waals surface area contributed by atoms with Crippen molar-refractivity contribution in [1.29, 1.82) is 0 Å². The van der Waals surface area contributed by atoms with Gasteiger partial charge in [-0.2, -0.15) is 0 Å². The minimum atomic E-state index is -0.329. The first-order valence-electron chi connectivity index (χ1n) is 7.37. The lowest BCUT2D eigenvalue weighted by Gasteiger charge is -2.20. The Labute approximate surface area is 130 Å². The Kier molecular flexibility index (Phi) is 5.10. The molecule has 0 radical (unpaired) electrons. The first-order valence-corrected chi connectivity index (χ1v) is 7.37. The number of allylic oxidation sites excluding steroid dienone is 4. The maximum Gasteiger partial charge on any atom is 0.129 e. The molecule has 0 saturated carbocycles. The van der Waals surface area contributed by atoms with Crippen molar-refractivity contribution in [3.8, 4) is 5.75 Å². The Balaban J connectivity index is 2.37. The van der Waals surface area contributed by atoms with E-state index in [1.165, 1.54) is 6.92 Å². The van der Waals surface area contributed by atoms with Gasteiger partial charge < -0.3 is 14.7 Å². The minimum Gasteiger partial charge on any atom is -0.508 e. The van der Waals surface area contributed by atoms with Gasteiger partial charge in [-0.25, -0.2) is 0 Å². The normalized spacial score (nSPS) is 19.1. The monoisotopic (exact) mass is 296 g/mol. The standard InChI is InChI=1S/C19H20O3/c1-13(21)7-8-16(12-20)18-6-4-3-5-15-11-17(22)9-10-19(15)14(18)2/h3,5-6,9-12,16,22H,2,4,7-8H2,1H3/b5-3-,18-6+. The second-order valence-electron chi connectivity index (χ2n) is 5.53. The van der Waals surface area contributed by atoms with Gasteiger partial charge in [-0.1, -0.05) is 30.9 Å². The number of benzene rings is 1. The van der Waals surface area contributed by atoms with Gasteiger partial charge in [0, 0.05) is 12.3 Å². The van der Waals surface area contributed by atoms with Gasteiger partial charge in [0.05, 0.1) is 0 Å². The zero-order chi connectivity index (χ0) is 16.1. The molecule has 1 unspecified atom stereocenters. The number of carbonyl (C=O) groups is 2. The number of Topliss-reactive ketones (excluding diaryl/α,β-unsaturated/α-hetero) is 1. The number of carbonyl (C=O) groups excluding carboxylic acids is 2. The number of rotatable bonds is 5. The molecule has 1 atom stereocenters. The highest BCUT2D eigenvalue weighted by Crippen LogP contribution is 2.34. The lowest BCUT2D eigenvalue weighted by molar-refractivity contribution is -0.117. The van der Waals surface area contributed by atoms with E-state index >= 15 is 0 Å². The van der Waals surface area contributed by atoms with Gasteiger partial charge in [-0.15, -0.1) is 0 Å². The number of phenolic OH excluding ortho intramolecular Hbond substituents is 1. The molecule has 1 N–H and O–H groups in total. The summed E-state index contributed by atoms with van der Waals surface area (Å²) in [5, 5.41) is 9.63. The molecule has 0 spiro atoms. The topological polar surface area (TPSA) is 54.4 Å². The summed E-state index contributed by atoms with van der Waals surface area (Å²) in [6, 6.07) is 5.11. The highest BCUT2D eigenvalue weighted by molar-refractivity contribution is 5.87. The summed E-state index contributed by atoms with van der Waals surface area (Å²) in [6.07, 6.45) is 8.39. The van der Waals surface area contributed by atoms with Gasteiger partial charge in [-0.3, -0.25) is 0 Å². The molecule has 1 aromatic rings. The van der Waals surface area contributed by atoms with Gasteiger partial charge in [0.2, 0.25) is 0 Å². The van der Waals surface area contributed by atoms with E-state index in [1.54, 1.807) is 12.1 Å². The van der Waals surface area contributed by atoms with Gasteiger partial charge in [0.1, 0.15) is 17.8 Å². The summed E-state index contributed by atoms with van der Waals surface area (Å²) in [6.45, 7) is 5.67. The quantitative estimate of drug-likeness (QED) is 0.837. The molecule has 1 aromatic carbocycles.